The summed E-state index contributed by atoms with van der Waals surface area (Å²) in [5, 5.41) is 7.87. The van der Waals surface area contributed by atoms with Gasteiger partial charge in [-0.3, -0.25) is 14.4 Å². The first-order valence-corrected chi connectivity index (χ1v) is 10.7. The van der Waals surface area contributed by atoms with Gasteiger partial charge in [-0.05, 0) is 77.0 Å². The lowest BCUT2D eigenvalue weighted by Gasteiger charge is -2.55. The molecule has 0 unspecified atom stereocenters. The van der Waals surface area contributed by atoms with Gasteiger partial charge in [-0.1, -0.05) is 0 Å². The third kappa shape index (κ3) is 5.28. The van der Waals surface area contributed by atoms with Crippen LogP contribution >= 0.6 is 0 Å². The van der Waals surface area contributed by atoms with Crippen LogP contribution in [-0.2, 0) is 23.9 Å². The molecule has 8 heteroatoms. The van der Waals surface area contributed by atoms with Gasteiger partial charge in [-0.15, -0.1) is 0 Å². The van der Waals surface area contributed by atoms with E-state index in [0.717, 1.165) is 19.3 Å². The Labute approximate surface area is 171 Å². The van der Waals surface area contributed by atoms with E-state index in [4.69, 9.17) is 4.74 Å². The van der Waals surface area contributed by atoms with Gasteiger partial charge < -0.3 is 20.7 Å². The van der Waals surface area contributed by atoms with E-state index in [1.54, 1.807) is 6.92 Å². The van der Waals surface area contributed by atoms with Crippen molar-refractivity contribution in [2.24, 2.45) is 23.2 Å². The van der Waals surface area contributed by atoms with Crippen molar-refractivity contribution in [1.29, 1.82) is 0 Å². The first kappa shape index (κ1) is 21.6. The Balaban J connectivity index is 1.41. The molecule has 0 aliphatic heterocycles. The molecule has 3 N–H and O–H groups in total. The summed E-state index contributed by atoms with van der Waals surface area (Å²) in [7, 11) is 0. The Morgan fingerprint density at radius 1 is 0.897 bits per heavy atom. The Morgan fingerprint density at radius 2 is 1.45 bits per heavy atom. The molecular weight excluding hydrogens is 374 g/mol. The van der Waals surface area contributed by atoms with Crippen LogP contribution in [-0.4, -0.2) is 48.9 Å². The van der Waals surface area contributed by atoms with Crippen LogP contribution in [0.1, 0.15) is 59.3 Å². The highest BCUT2D eigenvalue weighted by atomic mass is 16.5. The number of ether oxygens (including phenoxy) is 1. The van der Waals surface area contributed by atoms with Gasteiger partial charge in [0.05, 0.1) is 6.54 Å². The predicted octanol–water partition coefficient (Wildman–Crippen LogP) is 0.892. The third-order valence-electron chi connectivity index (χ3n) is 6.46. The van der Waals surface area contributed by atoms with Crippen molar-refractivity contribution in [3.8, 4) is 0 Å². The van der Waals surface area contributed by atoms with Gasteiger partial charge in [-0.25, -0.2) is 4.79 Å². The van der Waals surface area contributed by atoms with Gasteiger partial charge in [0, 0.05) is 11.5 Å². The van der Waals surface area contributed by atoms with E-state index in [-0.39, 0.29) is 29.8 Å². The Morgan fingerprint density at radius 3 is 1.97 bits per heavy atom. The van der Waals surface area contributed by atoms with Crippen LogP contribution < -0.4 is 16.0 Å². The molecule has 8 nitrogen and oxygen atoms in total. The highest BCUT2D eigenvalue weighted by molar-refractivity contribution is 5.90. The van der Waals surface area contributed by atoms with Crippen LogP contribution in [0.5, 0.6) is 0 Å². The summed E-state index contributed by atoms with van der Waals surface area (Å²) in [5.41, 5.74) is -0.329. The van der Waals surface area contributed by atoms with Crippen LogP contribution in [0.2, 0.25) is 0 Å². The molecular formula is C21H33N3O5. The largest absolute Gasteiger partial charge is 0.454 e. The molecule has 0 saturated heterocycles. The molecule has 4 bridgehead atoms. The number of amides is 3. The highest BCUT2D eigenvalue weighted by Crippen LogP contribution is 2.60. The van der Waals surface area contributed by atoms with Gasteiger partial charge >= 0.3 is 5.97 Å². The second-order valence-electron chi connectivity index (χ2n) is 9.50. The molecule has 4 fully saturated rings. The lowest BCUT2D eigenvalue weighted by Crippen LogP contribution is -2.56. The molecule has 3 amide bonds. The second kappa shape index (κ2) is 8.71. The van der Waals surface area contributed by atoms with Crippen LogP contribution in [0.25, 0.3) is 0 Å². The maximum Gasteiger partial charge on any atom is 0.328 e. The first-order valence-electron chi connectivity index (χ1n) is 10.7. The van der Waals surface area contributed by atoms with Crippen molar-refractivity contribution in [2.45, 2.75) is 71.4 Å². The van der Waals surface area contributed by atoms with Crippen molar-refractivity contribution in [3.05, 3.63) is 0 Å². The normalized spacial score (nSPS) is 30.6. The molecule has 4 rings (SSSR count). The van der Waals surface area contributed by atoms with Crippen molar-refractivity contribution in [2.75, 3.05) is 13.2 Å². The average molecular weight is 408 g/mol. The predicted molar refractivity (Wildman–Crippen MR) is 105 cm³/mol. The summed E-state index contributed by atoms with van der Waals surface area (Å²) in [6.07, 6.45) is 6.51. The Hall–Kier alpha value is -2.12. The average Bonchev–Trinajstić information content (AvgIpc) is 2.62. The maximum atomic E-state index is 13.0. The van der Waals surface area contributed by atoms with Crippen LogP contribution in [0.3, 0.4) is 0 Å². The van der Waals surface area contributed by atoms with E-state index < -0.39 is 24.5 Å². The van der Waals surface area contributed by atoms with E-state index in [1.807, 2.05) is 13.8 Å². The summed E-state index contributed by atoms with van der Waals surface area (Å²) in [6, 6.07) is -0.830. The van der Waals surface area contributed by atoms with E-state index in [1.165, 1.54) is 19.3 Å². The monoisotopic (exact) mass is 407 g/mol. The van der Waals surface area contributed by atoms with Gasteiger partial charge in [0.15, 0.2) is 6.61 Å². The van der Waals surface area contributed by atoms with Crippen LogP contribution in [0, 0.1) is 23.2 Å². The quantitative estimate of drug-likeness (QED) is 0.517. The Kier molecular flexibility index (Phi) is 6.49. The fourth-order valence-corrected chi connectivity index (χ4v) is 5.66. The van der Waals surface area contributed by atoms with E-state index in [0.29, 0.717) is 17.8 Å². The minimum Gasteiger partial charge on any atom is -0.454 e. The fourth-order valence-electron chi connectivity index (χ4n) is 5.66. The lowest BCUT2D eigenvalue weighted by molar-refractivity contribution is -0.155. The second-order valence-corrected chi connectivity index (χ2v) is 9.50. The van der Waals surface area contributed by atoms with Crippen molar-refractivity contribution in [3.63, 3.8) is 0 Å². The Bertz CT molecular complexity index is 640. The van der Waals surface area contributed by atoms with E-state index >= 15 is 0 Å². The molecule has 0 aromatic heterocycles. The SMILES string of the molecule is CC(C)NC(=O)CNC(=O)COC(=O)[C@H](C)NC(=O)C12CC3CC(CC(C3)C1)C2. The van der Waals surface area contributed by atoms with Gasteiger partial charge in [-0.2, -0.15) is 0 Å². The summed E-state index contributed by atoms with van der Waals surface area (Å²) in [6.45, 7) is 4.56. The number of esters is 1. The van der Waals surface area contributed by atoms with Crippen molar-refractivity contribution >= 4 is 23.7 Å². The molecule has 0 spiro atoms. The summed E-state index contributed by atoms with van der Waals surface area (Å²) in [4.78, 5) is 48.4. The summed E-state index contributed by atoms with van der Waals surface area (Å²) in [5.74, 6) is 0.371. The molecule has 0 aromatic rings. The molecule has 0 heterocycles. The number of hydrogen-bond donors (Lipinski definition) is 3. The molecule has 29 heavy (non-hydrogen) atoms. The first-order chi connectivity index (χ1) is 13.7. The van der Waals surface area contributed by atoms with Crippen LogP contribution in [0.15, 0.2) is 0 Å². The molecule has 162 valence electrons. The maximum absolute atomic E-state index is 13.0. The minimum atomic E-state index is -0.812. The molecule has 4 saturated carbocycles. The van der Waals surface area contributed by atoms with E-state index in [9.17, 15) is 19.2 Å². The van der Waals surface area contributed by atoms with Gasteiger partial charge in [0.25, 0.3) is 5.91 Å². The molecule has 0 radical (unpaired) electrons. The molecule has 1 atom stereocenters. The van der Waals surface area contributed by atoms with Crippen LogP contribution in [0.4, 0.5) is 0 Å². The number of rotatable bonds is 8. The summed E-state index contributed by atoms with van der Waals surface area (Å²) < 4.78 is 5.00. The highest BCUT2D eigenvalue weighted by Gasteiger charge is 2.54. The number of carbonyl (C=O) groups excluding carboxylic acids is 4. The fraction of sp³-hybridized carbons (Fsp3) is 0.810. The topological polar surface area (TPSA) is 114 Å². The third-order valence-corrected chi connectivity index (χ3v) is 6.46. The zero-order valence-corrected chi connectivity index (χ0v) is 17.6. The van der Waals surface area contributed by atoms with Gasteiger partial charge in [0.1, 0.15) is 6.04 Å². The molecule has 4 aliphatic carbocycles. The van der Waals surface area contributed by atoms with Gasteiger partial charge in [0.2, 0.25) is 11.8 Å². The number of hydrogen-bond acceptors (Lipinski definition) is 5. The zero-order valence-electron chi connectivity index (χ0n) is 17.6. The zero-order chi connectivity index (χ0) is 21.2. The lowest BCUT2D eigenvalue weighted by atomic mass is 9.49. The van der Waals surface area contributed by atoms with E-state index in [2.05, 4.69) is 16.0 Å². The van der Waals surface area contributed by atoms with Crippen molar-refractivity contribution < 1.29 is 23.9 Å². The number of nitrogens with one attached hydrogen (secondary N) is 3. The molecule has 0 aromatic carbocycles. The summed E-state index contributed by atoms with van der Waals surface area (Å²) >= 11 is 0. The molecule has 4 aliphatic rings. The minimum absolute atomic E-state index is 0.0179. The number of carbonyl (C=O) groups is 4. The smallest absolute Gasteiger partial charge is 0.328 e. The standard InChI is InChI=1S/C21H33N3O5/c1-12(2)23-17(25)10-22-18(26)11-29-19(27)13(3)24-20(28)21-7-14-4-15(8-21)6-16(5-14)9-21/h12-16H,4-11H2,1-3H3,(H,22,26)(H,23,25)(H,24,28)/t13-,14?,15?,16?,21?/m0/s1. The van der Waals surface area contributed by atoms with Crippen molar-refractivity contribution in [1.82, 2.24) is 16.0 Å².